The average molecular weight is 295 g/mol. The van der Waals surface area contributed by atoms with Crippen LogP contribution < -0.4 is 0 Å². The van der Waals surface area contributed by atoms with E-state index in [0.29, 0.717) is 10.6 Å². The van der Waals surface area contributed by atoms with Crippen LogP contribution in [0.15, 0.2) is 15.3 Å². The lowest BCUT2D eigenvalue weighted by atomic mass is 10.2. The Labute approximate surface area is 119 Å². The fourth-order valence-electron chi connectivity index (χ4n) is 1.65. The summed E-state index contributed by atoms with van der Waals surface area (Å²) in [7, 11) is 0. The van der Waals surface area contributed by atoms with Crippen molar-refractivity contribution in [1.82, 2.24) is 14.3 Å². The summed E-state index contributed by atoms with van der Waals surface area (Å²) >= 11 is 2.62. The lowest BCUT2D eigenvalue weighted by molar-refractivity contribution is 0.0691. The van der Waals surface area contributed by atoms with E-state index in [1.54, 1.807) is 13.0 Å². The first-order chi connectivity index (χ1) is 9.01. The van der Waals surface area contributed by atoms with E-state index in [9.17, 15) is 9.90 Å². The molecule has 0 saturated carbocycles. The maximum absolute atomic E-state index is 11.3. The molecule has 100 valence electrons. The van der Waals surface area contributed by atoms with Crippen LogP contribution in [0, 0.1) is 13.8 Å². The monoisotopic (exact) mass is 295 g/mol. The van der Waals surface area contributed by atoms with Crippen molar-refractivity contribution in [3.63, 3.8) is 0 Å². The maximum Gasteiger partial charge on any atom is 0.338 e. The second-order valence-electron chi connectivity index (χ2n) is 3.96. The number of hydrogen-bond donors (Lipinski definition) is 1. The predicted molar refractivity (Wildman–Crippen MR) is 74.1 cm³/mol. The van der Waals surface area contributed by atoms with Crippen LogP contribution in [0.3, 0.4) is 0 Å². The Kier molecular flexibility index (Phi) is 4.16. The highest BCUT2D eigenvalue weighted by Crippen LogP contribution is 2.33. The molecule has 0 atom stereocenters. The Morgan fingerprint density at radius 3 is 2.74 bits per heavy atom. The quantitative estimate of drug-likeness (QED) is 0.934. The number of rotatable bonds is 4. The van der Waals surface area contributed by atoms with Gasteiger partial charge in [-0.3, -0.25) is 4.98 Å². The molecule has 2 aromatic rings. The zero-order chi connectivity index (χ0) is 14.0. The van der Waals surface area contributed by atoms with Crippen LogP contribution in [0.5, 0.6) is 0 Å². The van der Waals surface area contributed by atoms with Crippen LogP contribution in [-0.2, 0) is 6.42 Å². The van der Waals surface area contributed by atoms with E-state index in [-0.39, 0.29) is 5.56 Å². The fraction of sp³-hybridized carbons (Fsp3) is 0.333. The summed E-state index contributed by atoms with van der Waals surface area (Å²) in [5.41, 5.74) is 1.56. The van der Waals surface area contributed by atoms with Crippen molar-refractivity contribution < 1.29 is 9.90 Å². The highest BCUT2D eigenvalue weighted by atomic mass is 32.2. The van der Waals surface area contributed by atoms with Crippen molar-refractivity contribution in [1.29, 1.82) is 0 Å². The van der Waals surface area contributed by atoms with Gasteiger partial charge in [-0.1, -0.05) is 18.7 Å². The van der Waals surface area contributed by atoms with Crippen LogP contribution in [-0.4, -0.2) is 25.4 Å². The van der Waals surface area contributed by atoms with Crippen molar-refractivity contribution in [2.24, 2.45) is 0 Å². The smallest absolute Gasteiger partial charge is 0.338 e. The van der Waals surface area contributed by atoms with Crippen molar-refractivity contribution in [3.05, 3.63) is 28.8 Å². The van der Waals surface area contributed by atoms with E-state index in [1.165, 1.54) is 23.3 Å². The van der Waals surface area contributed by atoms with E-state index in [0.717, 1.165) is 22.3 Å². The number of pyridine rings is 1. The van der Waals surface area contributed by atoms with Gasteiger partial charge in [0.15, 0.2) is 4.34 Å². The van der Waals surface area contributed by atoms with Gasteiger partial charge in [-0.15, -0.1) is 0 Å². The maximum atomic E-state index is 11.3. The van der Waals surface area contributed by atoms with Crippen LogP contribution in [0.4, 0.5) is 0 Å². The van der Waals surface area contributed by atoms with Crippen LogP contribution >= 0.6 is 23.3 Å². The molecule has 1 N–H and O–H groups in total. The van der Waals surface area contributed by atoms with Gasteiger partial charge in [0.25, 0.3) is 0 Å². The fourth-order valence-corrected chi connectivity index (χ4v) is 3.59. The van der Waals surface area contributed by atoms with Crippen molar-refractivity contribution in [2.45, 2.75) is 36.4 Å². The Hall–Kier alpha value is -1.47. The first kappa shape index (κ1) is 14.0. The van der Waals surface area contributed by atoms with Gasteiger partial charge in [0.2, 0.25) is 0 Å². The van der Waals surface area contributed by atoms with Gasteiger partial charge in [-0.2, -0.15) is 4.37 Å². The molecule has 2 heterocycles. The molecule has 7 heteroatoms. The highest BCUT2D eigenvalue weighted by molar-refractivity contribution is 8.01. The molecule has 0 aliphatic carbocycles. The molecule has 0 fully saturated rings. The number of hydrogen-bond acceptors (Lipinski definition) is 6. The van der Waals surface area contributed by atoms with E-state index in [4.69, 9.17) is 0 Å². The van der Waals surface area contributed by atoms with Gasteiger partial charge < -0.3 is 5.11 Å². The van der Waals surface area contributed by atoms with Crippen LogP contribution in [0.2, 0.25) is 0 Å². The van der Waals surface area contributed by atoms with Crippen molar-refractivity contribution in [2.75, 3.05) is 0 Å². The Morgan fingerprint density at radius 2 is 2.16 bits per heavy atom. The van der Waals surface area contributed by atoms with Gasteiger partial charge in [-0.05, 0) is 31.4 Å². The largest absolute Gasteiger partial charge is 0.478 e. The van der Waals surface area contributed by atoms with E-state index >= 15 is 0 Å². The van der Waals surface area contributed by atoms with Crippen LogP contribution in [0.25, 0.3) is 0 Å². The zero-order valence-corrected chi connectivity index (χ0v) is 12.4. The zero-order valence-electron chi connectivity index (χ0n) is 10.8. The van der Waals surface area contributed by atoms with Crippen molar-refractivity contribution >= 4 is 29.3 Å². The summed E-state index contributed by atoms with van der Waals surface area (Å²) in [5.74, 6) is -0.181. The van der Waals surface area contributed by atoms with E-state index in [1.807, 2.05) is 13.8 Å². The van der Waals surface area contributed by atoms with Crippen molar-refractivity contribution in [3.8, 4) is 0 Å². The molecule has 2 aromatic heterocycles. The third kappa shape index (κ3) is 3.10. The molecule has 0 aliphatic heterocycles. The Balaban J connectivity index is 2.40. The number of aromatic nitrogens is 3. The highest BCUT2D eigenvalue weighted by Gasteiger charge is 2.17. The molecule has 0 spiro atoms. The standard InChI is InChI=1S/C12H13N3O2S2/c1-4-9-14-12(19-15-9)18-8-5-6(2)13-7(3)10(8)11(16)17/h5H,4H2,1-3H3,(H,16,17). The molecule has 0 radical (unpaired) electrons. The van der Waals surface area contributed by atoms with E-state index in [2.05, 4.69) is 14.3 Å². The average Bonchev–Trinajstić information content (AvgIpc) is 2.75. The Morgan fingerprint density at radius 1 is 1.42 bits per heavy atom. The molecule has 19 heavy (non-hydrogen) atoms. The number of carboxylic acid groups (broad SMARTS) is 1. The second kappa shape index (κ2) is 5.66. The minimum absolute atomic E-state index is 0.240. The normalized spacial score (nSPS) is 10.7. The van der Waals surface area contributed by atoms with E-state index < -0.39 is 5.97 Å². The lowest BCUT2D eigenvalue weighted by Gasteiger charge is -2.07. The minimum Gasteiger partial charge on any atom is -0.478 e. The van der Waals surface area contributed by atoms with Gasteiger partial charge in [0, 0.05) is 17.0 Å². The molecule has 0 amide bonds. The lowest BCUT2D eigenvalue weighted by Crippen LogP contribution is -2.05. The number of aromatic carboxylic acids is 1. The Bertz CT molecular complexity index is 625. The molecular formula is C12H13N3O2S2. The third-order valence-electron chi connectivity index (χ3n) is 2.47. The summed E-state index contributed by atoms with van der Waals surface area (Å²) in [5, 5.41) is 9.28. The minimum atomic E-state index is -0.965. The number of aryl methyl sites for hydroxylation is 3. The molecule has 0 saturated heterocycles. The topological polar surface area (TPSA) is 76.0 Å². The van der Waals surface area contributed by atoms with Gasteiger partial charge >= 0.3 is 5.97 Å². The van der Waals surface area contributed by atoms with Crippen LogP contribution in [0.1, 0.15) is 34.5 Å². The summed E-state index contributed by atoms with van der Waals surface area (Å²) in [6.07, 6.45) is 0.775. The van der Waals surface area contributed by atoms with Gasteiger partial charge in [0.05, 0.1) is 11.3 Å². The summed E-state index contributed by atoms with van der Waals surface area (Å²) in [6.45, 7) is 5.54. The molecule has 0 unspecified atom stereocenters. The summed E-state index contributed by atoms with van der Waals surface area (Å²) in [4.78, 5) is 20.5. The first-order valence-corrected chi connectivity index (χ1v) is 7.32. The molecular weight excluding hydrogens is 282 g/mol. The summed E-state index contributed by atoms with van der Waals surface area (Å²) in [6, 6.07) is 1.77. The molecule has 5 nitrogen and oxygen atoms in total. The summed E-state index contributed by atoms with van der Waals surface area (Å²) < 4.78 is 4.95. The number of carbonyl (C=O) groups is 1. The molecule has 0 aliphatic rings. The molecule has 2 rings (SSSR count). The number of nitrogens with zero attached hydrogens (tertiary/aromatic N) is 3. The predicted octanol–water partition coefficient (Wildman–Crippen LogP) is 2.96. The SMILES string of the molecule is CCc1nsc(Sc2cc(C)nc(C)c2C(=O)O)n1. The third-order valence-corrected chi connectivity index (χ3v) is 4.30. The second-order valence-corrected chi connectivity index (χ2v) is 6.00. The molecule has 0 bridgehead atoms. The van der Waals surface area contributed by atoms with Gasteiger partial charge in [-0.25, -0.2) is 9.78 Å². The molecule has 0 aromatic carbocycles. The first-order valence-electron chi connectivity index (χ1n) is 5.73. The van der Waals surface area contributed by atoms with Gasteiger partial charge in [0.1, 0.15) is 5.82 Å². The number of carboxylic acids is 1.